The maximum Gasteiger partial charge on any atom is 0.416 e. The van der Waals surface area contributed by atoms with Gasteiger partial charge in [0, 0.05) is 12.5 Å². The molecule has 0 aromatic heterocycles. The van der Waals surface area contributed by atoms with E-state index in [2.05, 4.69) is 0 Å². The lowest BCUT2D eigenvalue weighted by Gasteiger charge is -2.13. The quantitative estimate of drug-likeness (QED) is 0.577. The summed E-state index contributed by atoms with van der Waals surface area (Å²) in [6.45, 7) is 1.66. The molecule has 6 heteroatoms. The SMILES string of the molecule is Cc1ccc(C(F)(F)F)cc1C(=O)C(C)(F)F. The number of hydrogen-bond donors (Lipinski definition) is 0. The number of rotatable bonds is 2. The van der Waals surface area contributed by atoms with Gasteiger partial charge in [0.2, 0.25) is 5.78 Å². The molecule has 0 bridgehead atoms. The molecule has 0 fully saturated rings. The smallest absolute Gasteiger partial charge is 0.287 e. The summed E-state index contributed by atoms with van der Waals surface area (Å²) in [5.74, 6) is -5.30. The second-order valence-electron chi connectivity index (χ2n) is 3.74. The van der Waals surface area contributed by atoms with Gasteiger partial charge in [-0.05, 0) is 24.6 Å². The lowest BCUT2D eigenvalue weighted by Crippen LogP contribution is -2.25. The van der Waals surface area contributed by atoms with Gasteiger partial charge in [-0.1, -0.05) is 6.07 Å². The topological polar surface area (TPSA) is 17.1 Å². The van der Waals surface area contributed by atoms with Gasteiger partial charge in [-0.15, -0.1) is 0 Å². The van der Waals surface area contributed by atoms with Crippen LogP contribution in [0.3, 0.4) is 0 Å². The third-order valence-electron chi connectivity index (χ3n) is 2.21. The van der Waals surface area contributed by atoms with Crippen LogP contribution in [0.5, 0.6) is 0 Å². The zero-order valence-corrected chi connectivity index (χ0v) is 9.03. The van der Waals surface area contributed by atoms with E-state index in [0.717, 1.165) is 12.1 Å². The molecule has 0 unspecified atom stereocenters. The van der Waals surface area contributed by atoms with E-state index in [-0.39, 0.29) is 5.56 Å². The maximum absolute atomic E-state index is 12.8. The summed E-state index contributed by atoms with van der Waals surface area (Å²) in [4.78, 5) is 11.2. The molecule has 0 saturated heterocycles. The van der Waals surface area contributed by atoms with Crippen LogP contribution in [0.4, 0.5) is 22.0 Å². The highest BCUT2D eigenvalue weighted by Gasteiger charge is 2.36. The van der Waals surface area contributed by atoms with Crippen LogP contribution >= 0.6 is 0 Å². The highest BCUT2D eigenvalue weighted by molar-refractivity contribution is 6.02. The Bertz CT molecular complexity index is 442. The second-order valence-corrected chi connectivity index (χ2v) is 3.74. The minimum atomic E-state index is -4.66. The van der Waals surface area contributed by atoms with E-state index in [0.29, 0.717) is 13.0 Å². The van der Waals surface area contributed by atoms with Crippen LogP contribution in [0, 0.1) is 6.92 Å². The molecule has 1 nitrogen and oxygen atoms in total. The molecule has 1 aromatic carbocycles. The fourth-order valence-corrected chi connectivity index (χ4v) is 1.28. The van der Waals surface area contributed by atoms with Crippen molar-refractivity contribution in [1.82, 2.24) is 0 Å². The number of benzene rings is 1. The summed E-state index contributed by atoms with van der Waals surface area (Å²) < 4.78 is 62.6. The summed E-state index contributed by atoms with van der Waals surface area (Å²) >= 11 is 0. The van der Waals surface area contributed by atoms with Crippen LogP contribution in [0.1, 0.15) is 28.4 Å². The number of carbonyl (C=O) groups is 1. The van der Waals surface area contributed by atoms with E-state index >= 15 is 0 Å². The molecule has 0 radical (unpaired) electrons. The van der Waals surface area contributed by atoms with Crippen LogP contribution in [-0.4, -0.2) is 11.7 Å². The first kappa shape index (κ1) is 13.6. The van der Waals surface area contributed by atoms with Crippen molar-refractivity contribution in [3.63, 3.8) is 0 Å². The average molecular weight is 252 g/mol. The Morgan fingerprint density at radius 1 is 1.12 bits per heavy atom. The van der Waals surface area contributed by atoms with Gasteiger partial charge in [0.25, 0.3) is 0 Å². The molecular weight excluding hydrogens is 243 g/mol. The summed E-state index contributed by atoms with van der Waals surface area (Å²) in [6.07, 6.45) is -4.66. The Morgan fingerprint density at radius 3 is 2.06 bits per heavy atom. The van der Waals surface area contributed by atoms with E-state index in [1.807, 2.05) is 0 Å². The first-order valence-electron chi connectivity index (χ1n) is 4.64. The van der Waals surface area contributed by atoms with Crippen molar-refractivity contribution in [1.29, 1.82) is 0 Å². The number of ketones is 1. The molecule has 0 atom stereocenters. The number of alkyl halides is 5. The van der Waals surface area contributed by atoms with E-state index < -0.39 is 29.0 Å². The fourth-order valence-electron chi connectivity index (χ4n) is 1.28. The van der Waals surface area contributed by atoms with Gasteiger partial charge in [-0.25, -0.2) is 0 Å². The van der Waals surface area contributed by atoms with Gasteiger partial charge in [0.05, 0.1) is 5.56 Å². The minimum Gasteiger partial charge on any atom is -0.287 e. The van der Waals surface area contributed by atoms with E-state index in [4.69, 9.17) is 0 Å². The monoisotopic (exact) mass is 252 g/mol. The molecule has 0 amide bonds. The molecule has 94 valence electrons. The van der Waals surface area contributed by atoms with Gasteiger partial charge in [-0.3, -0.25) is 4.79 Å². The van der Waals surface area contributed by atoms with E-state index in [1.54, 1.807) is 0 Å². The van der Waals surface area contributed by atoms with E-state index in [9.17, 15) is 26.7 Å². The molecule has 0 spiro atoms. The predicted octanol–water partition coefficient (Wildman–Crippen LogP) is 3.85. The van der Waals surface area contributed by atoms with Gasteiger partial charge >= 0.3 is 12.1 Å². The van der Waals surface area contributed by atoms with Crippen LogP contribution < -0.4 is 0 Å². The number of aryl methyl sites for hydroxylation is 1. The Labute approximate surface area is 94.2 Å². The minimum absolute atomic E-state index is 0.0875. The average Bonchev–Trinajstić information content (AvgIpc) is 2.14. The summed E-state index contributed by atoms with van der Waals surface area (Å²) in [5.41, 5.74) is -1.63. The molecule has 0 heterocycles. The standard InChI is InChI=1S/C11H9F5O/c1-6-3-4-7(11(14,15)16)5-8(6)9(17)10(2,12)13/h3-5H,1-2H3. The molecule has 0 aliphatic heterocycles. The third kappa shape index (κ3) is 3.01. The molecule has 0 aliphatic carbocycles. The second kappa shape index (κ2) is 4.09. The highest BCUT2D eigenvalue weighted by atomic mass is 19.4. The van der Waals surface area contributed by atoms with E-state index in [1.165, 1.54) is 6.92 Å². The summed E-state index contributed by atoms with van der Waals surface area (Å²) in [6, 6.07) is 2.21. The molecule has 1 aromatic rings. The molecule has 0 saturated carbocycles. The summed E-state index contributed by atoms with van der Waals surface area (Å²) in [5, 5.41) is 0. The van der Waals surface area contributed by atoms with Crippen molar-refractivity contribution in [2.45, 2.75) is 25.9 Å². The first-order chi connectivity index (χ1) is 7.53. The van der Waals surface area contributed by atoms with Crippen LogP contribution in [-0.2, 0) is 6.18 Å². The van der Waals surface area contributed by atoms with Crippen molar-refractivity contribution in [3.8, 4) is 0 Å². The largest absolute Gasteiger partial charge is 0.416 e. The maximum atomic E-state index is 12.8. The highest BCUT2D eigenvalue weighted by Crippen LogP contribution is 2.32. The zero-order valence-electron chi connectivity index (χ0n) is 9.03. The fraction of sp³-hybridized carbons (Fsp3) is 0.364. The lowest BCUT2D eigenvalue weighted by atomic mass is 9.98. The molecular formula is C11H9F5O. The molecule has 0 aliphatic rings. The van der Waals surface area contributed by atoms with Crippen LogP contribution in [0.25, 0.3) is 0 Å². The van der Waals surface area contributed by atoms with Gasteiger partial charge in [-0.2, -0.15) is 22.0 Å². The Balaban J connectivity index is 3.30. The Kier molecular flexibility index (Phi) is 3.27. The third-order valence-corrected chi connectivity index (χ3v) is 2.21. The predicted molar refractivity (Wildman–Crippen MR) is 51.1 cm³/mol. The van der Waals surface area contributed by atoms with Crippen molar-refractivity contribution in [2.75, 3.05) is 0 Å². The van der Waals surface area contributed by atoms with Gasteiger partial charge in [0.15, 0.2) is 0 Å². The zero-order chi connectivity index (χ0) is 13.4. The lowest BCUT2D eigenvalue weighted by molar-refractivity contribution is -0.137. The number of Topliss-reactive ketones (excluding diaryl/α,β-unsaturated/α-hetero) is 1. The van der Waals surface area contributed by atoms with Crippen LogP contribution in [0.15, 0.2) is 18.2 Å². The molecule has 1 rings (SSSR count). The van der Waals surface area contributed by atoms with Gasteiger partial charge in [0.1, 0.15) is 0 Å². The molecule has 17 heavy (non-hydrogen) atoms. The summed E-state index contributed by atoms with van der Waals surface area (Å²) in [7, 11) is 0. The first-order valence-corrected chi connectivity index (χ1v) is 4.64. The molecule has 0 N–H and O–H groups in total. The normalized spacial score (nSPS) is 12.6. The van der Waals surface area contributed by atoms with Crippen molar-refractivity contribution in [2.24, 2.45) is 0 Å². The van der Waals surface area contributed by atoms with Gasteiger partial charge < -0.3 is 0 Å². The Hall–Kier alpha value is -1.46. The Morgan fingerprint density at radius 2 is 1.65 bits per heavy atom. The van der Waals surface area contributed by atoms with Crippen molar-refractivity contribution in [3.05, 3.63) is 34.9 Å². The number of hydrogen-bond acceptors (Lipinski definition) is 1. The van der Waals surface area contributed by atoms with Crippen LogP contribution in [0.2, 0.25) is 0 Å². The number of halogens is 5. The van der Waals surface area contributed by atoms with Crippen molar-refractivity contribution >= 4 is 5.78 Å². The van der Waals surface area contributed by atoms with Crippen molar-refractivity contribution < 1.29 is 26.7 Å². The number of carbonyl (C=O) groups excluding carboxylic acids is 1.